The van der Waals surface area contributed by atoms with Crippen molar-refractivity contribution in [3.63, 3.8) is 0 Å². The van der Waals surface area contributed by atoms with Gasteiger partial charge in [-0.25, -0.2) is 9.50 Å². The molecular weight excluding hydrogens is 368 g/mol. The molecule has 3 heterocycles. The van der Waals surface area contributed by atoms with Gasteiger partial charge in [0.2, 0.25) is 0 Å². The lowest BCUT2D eigenvalue weighted by Gasteiger charge is -2.12. The van der Waals surface area contributed by atoms with Gasteiger partial charge in [-0.1, -0.05) is 0 Å². The zero-order chi connectivity index (χ0) is 20.0. The Labute approximate surface area is 167 Å². The fourth-order valence-electron chi connectivity index (χ4n) is 3.22. The Kier molecular flexibility index (Phi) is 4.19. The van der Waals surface area contributed by atoms with Crippen molar-refractivity contribution in [1.29, 1.82) is 0 Å². The molecule has 148 valence electrons. The summed E-state index contributed by atoms with van der Waals surface area (Å²) in [6.45, 7) is 4.81. The number of nitrogens with one attached hydrogen (secondary N) is 1. The van der Waals surface area contributed by atoms with Crippen LogP contribution in [0.5, 0.6) is 5.75 Å². The quantitative estimate of drug-likeness (QED) is 0.542. The fraction of sp³-hybridized carbons (Fsp3) is 0.333. The molecule has 0 saturated heterocycles. The molecular formula is C21H22N6O2. The van der Waals surface area contributed by atoms with E-state index in [0.29, 0.717) is 35.2 Å². The highest BCUT2D eigenvalue weighted by molar-refractivity contribution is 6.09. The lowest BCUT2D eigenvalue weighted by Crippen LogP contribution is -2.13. The molecule has 0 aliphatic heterocycles. The lowest BCUT2D eigenvalue weighted by atomic mass is 10.2. The molecule has 1 amide bonds. The molecule has 0 spiro atoms. The van der Waals surface area contributed by atoms with Crippen LogP contribution in [0, 0.1) is 5.92 Å². The predicted octanol–water partition coefficient (Wildman–Crippen LogP) is 3.70. The highest BCUT2D eigenvalue weighted by Crippen LogP contribution is 2.34. The SMILES string of the molecule is CC(C)n1cc2cc(NC(=O)c3cnn4cccnc34)c(OCC3CC3)cc2n1. The molecule has 0 radical (unpaired) electrons. The first kappa shape index (κ1) is 17.7. The van der Waals surface area contributed by atoms with E-state index in [2.05, 4.69) is 34.3 Å². The van der Waals surface area contributed by atoms with Gasteiger partial charge in [0.05, 0.1) is 24.0 Å². The van der Waals surface area contributed by atoms with Crippen molar-refractivity contribution in [2.24, 2.45) is 5.92 Å². The molecule has 1 N–H and O–H groups in total. The van der Waals surface area contributed by atoms with Gasteiger partial charge in [-0.05, 0) is 44.7 Å². The summed E-state index contributed by atoms with van der Waals surface area (Å²) in [6, 6.07) is 5.84. The summed E-state index contributed by atoms with van der Waals surface area (Å²) in [4.78, 5) is 17.2. The van der Waals surface area contributed by atoms with Crippen molar-refractivity contribution in [3.8, 4) is 5.75 Å². The Hall–Kier alpha value is -3.42. The van der Waals surface area contributed by atoms with Crippen LogP contribution >= 0.6 is 0 Å². The molecule has 4 aromatic rings. The molecule has 1 aliphatic rings. The van der Waals surface area contributed by atoms with E-state index < -0.39 is 0 Å². The second kappa shape index (κ2) is 6.88. The number of carbonyl (C=O) groups is 1. The third kappa shape index (κ3) is 3.41. The maximum Gasteiger partial charge on any atom is 0.261 e. The van der Waals surface area contributed by atoms with Crippen LogP contribution in [-0.2, 0) is 0 Å². The Morgan fingerprint density at radius 3 is 3.00 bits per heavy atom. The number of anilines is 1. The number of aromatic nitrogens is 5. The number of amides is 1. The molecule has 8 nitrogen and oxygen atoms in total. The van der Waals surface area contributed by atoms with E-state index in [0.717, 1.165) is 10.9 Å². The summed E-state index contributed by atoms with van der Waals surface area (Å²) >= 11 is 0. The van der Waals surface area contributed by atoms with Gasteiger partial charge >= 0.3 is 0 Å². The molecule has 8 heteroatoms. The van der Waals surface area contributed by atoms with E-state index in [-0.39, 0.29) is 11.9 Å². The maximum atomic E-state index is 13.0. The highest BCUT2D eigenvalue weighted by Gasteiger charge is 2.23. The largest absolute Gasteiger partial charge is 0.491 e. The molecule has 1 aromatic carbocycles. The van der Waals surface area contributed by atoms with Crippen LogP contribution in [-0.4, -0.2) is 36.9 Å². The van der Waals surface area contributed by atoms with E-state index in [9.17, 15) is 4.79 Å². The first-order chi connectivity index (χ1) is 14.1. The Morgan fingerprint density at radius 1 is 1.34 bits per heavy atom. The molecule has 1 fully saturated rings. The van der Waals surface area contributed by atoms with Crippen LogP contribution in [0.1, 0.15) is 43.1 Å². The number of hydrogen-bond acceptors (Lipinski definition) is 5. The van der Waals surface area contributed by atoms with E-state index in [4.69, 9.17) is 4.74 Å². The molecule has 0 unspecified atom stereocenters. The summed E-state index contributed by atoms with van der Waals surface area (Å²) in [6.07, 6.45) is 9.30. The third-order valence-corrected chi connectivity index (χ3v) is 5.10. The fourth-order valence-corrected chi connectivity index (χ4v) is 3.22. The molecule has 1 saturated carbocycles. The molecule has 29 heavy (non-hydrogen) atoms. The minimum atomic E-state index is -0.273. The number of hydrogen-bond donors (Lipinski definition) is 1. The number of benzene rings is 1. The number of carbonyl (C=O) groups excluding carboxylic acids is 1. The van der Waals surface area contributed by atoms with Crippen LogP contribution in [0.3, 0.4) is 0 Å². The maximum absolute atomic E-state index is 13.0. The van der Waals surface area contributed by atoms with Crippen molar-refractivity contribution < 1.29 is 9.53 Å². The summed E-state index contributed by atoms with van der Waals surface area (Å²) in [5.74, 6) is 0.966. The number of ether oxygens (including phenoxy) is 1. The molecule has 0 atom stereocenters. The van der Waals surface area contributed by atoms with E-state index in [1.807, 2.05) is 23.0 Å². The van der Waals surface area contributed by atoms with Crippen LogP contribution in [0.25, 0.3) is 16.6 Å². The minimum absolute atomic E-state index is 0.251. The zero-order valence-corrected chi connectivity index (χ0v) is 16.4. The normalized spacial score (nSPS) is 14.0. The van der Waals surface area contributed by atoms with Crippen molar-refractivity contribution >= 4 is 28.1 Å². The van der Waals surface area contributed by atoms with E-state index in [1.165, 1.54) is 19.0 Å². The smallest absolute Gasteiger partial charge is 0.261 e. The van der Waals surface area contributed by atoms with Crippen LogP contribution < -0.4 is 10.1 Å². The number of nitrogens with zero attached hydrogens (tertiary/aromatic N) is 5. The Bertz CT molecular complexity index is 1200. The average molecular weight is 390 g/mol. The first-order valence-corrected chi connectivity index (χ1v) is 9.84. The predicted molar refractivity (Wildman–Crippen MR) is 109 cm³/mol. The van der Waals surface area contributed by atoms with Gasteiger partial charge < -0.3 is 10.1 Å². The van der Waals surface area contributed by atoms with Gasteiger partial charge in [0.15, 0.2) is 5.65 Å². The molecule has 3 aromatic heterocycles. The van der Waals surface area contributed by atoms with Crippen molar-refractivity contribution in [3.05, 3.63) is 48.5 Å². The van der Waals surface area contributed by atoms with Gasteiger partial charge in [-0.2, -0.15) is 10.2 Å². The van der Waals surface area contributed by atoms with Gasteiger partial charge in [0, 0.05) is 36.1 Å². The van der Waals surface area contributed by atoms with Crippen molar-refractivity contribution in [2.45, 2.75) is 32.7 Å². The van der Waals surface area contributed by atoms with Crippen LogP contribution in [0.15, 0.2) is 43.0 Å². The van der Waals surface area contributed by atoms with Gasteiger partial charge in [-0.3, -0.25) is 9.48 Å². The monoisotopic (exact) mass is 390 g/mol. The second-order valence-corrected chi connectivity index (χ2v) is 7.76. The van der Waals surface area contributed by atoms with Gasteiger partial charge in [0.25, 0.3) is 5.91 Å². The summed E-state index contributed by atoms with van der Waals surface area (Å²) in [5.41, 5.74) is 2.40. The van der Waals surface area contributed by atoms with Gasteiger partial charge in [-0.15, -0.1) is 0 Å². The molecule has 1 aliphatic carbocycles. The minimum Gasteiger partial charge on any atom is -0.491 e. The molecule has 5 rings (SSSR count). The molecule has 0 bridgehead atoms. The van der Waals surface area contributed by atoms with Crippen LogP contribution in [0.4, 0.5) is 5.69 Å². The lowest BCUT2D eigenvalue weighted by molar-refractivity contribution is 0.102. The summed E-state index contributed by atoms with van der Waals surface area (Å²) < 4.78 is 9.54. The Morgan fingerprint density at radius 2 is 2.21 bits per heavy atom. The van der Waals surface area contributed by atoms with E-state index in [1.54, 1.807) is 23.0 Å². The summed E-state index contributed by atoms with van der Waals surface area (Å²) in [5, 5.41) is 12.8. The van der Waals surface area contributed by atoms with Crippen molar-refractivity contribution in [2.75, 3.05) is 11.9 Å². The van der Waals surface area contributed by atoms with Crippen LogP contribution in [0.2, 0.25) is 0 Å². The van der Waals surface area contributed by atoms with Gasteiger partial charge in [0.1, 0.15) is 11.3 Å². The number of rotatable bonds is 6. The zero-order valence-electron chi connectivity index (χ0n) is 16.4. The highest BCUT2D eigenvalue weighted by atomic mass is 16.5. The summed E-state index contributed by atoms with van der Waals surface area (Å²) in [7, 11) is 0. The average Bonchev–Trinajstić information content (AvgIpc) is 3.28. The first-order valence-electron chi connectivity index (χ1n) is 9.84. The number of fused-ring (bicyclic) bond motifs is 2. The standard InChI is InChI=1S/C21H22N6O2/c1-13(2)27-11-15-8-18(19(9-17(15)25-27)29-12-14-4-5-14)24-21(28)16-10-23-26-7-3-6-22-20(16)26/h3,6-11,13-14H,4-5,12H2,1-2H3,(H,24,28). The Balaban J connectivity index is 1.50. The van der Waals surface area contributed by atoms with E-state index >= 15 is 0 Å². The van der Waals surface area contributed by atoms with Crippen molar-refractivity contribution in [1.82, 2.24) is 24.4 Å². The topological polar surface area (TPSA) is 86.3 Å². The third-order valence-electron chi connectivity index (χ3n) is 5.10. The second-order valence-electron chi connectivity index (χ2n) is 7.76.